The smallest absolute Gasteiger partial charge is 0.367 e. The molecule has 0 radical (unpaired) electrons. The van der Waals surface area contributed by atoms with Gasteiger partial charge in [0.1, 0.15) is 5.82 Å². The number of para-hydroxylation sites is 1. The quantitative estimate of drug-likeness (QED) is 0.486. The summed E-state index contributed by atoms with van der Waals surface area (Å²) in [5.41, 5.74) is 0.227. The van der Waals surface area contributed by atoms with Gasteiger partial charge in [0.2, 0.25) is 5.95 Å². The number of hydrogen-bond donors (Lipinski definition) is 3. The van der Waals surface area contributed by atoms with Crippen LogP contribution in [0.25, 0.3) is 10.9 Å². The number of rotatable bonds is 4. The molecule has 152 valence electrons. The van der Waals surface area contributed by atoms with Crippen LogP contribution in [-0.4, -0.2) is 29.1 Å². The van der Waals surface area contributed by atoms with Crippen LogP contribution in [0.1, 0.15) is 18.4 Å². The van der Waals surface area contributed by atoms with E-state index in [9.17, 15) is 13.2 Å². The van der Waals surface area contributed by atoms with Gasteiger partial charge in [-0.05, 0) is 56.3 Å². The highest BCUT2D eigenvalue weighted by atomic mass is 79.9. The number of nitrogens with one attached hydrogen (secondary N) is 3. The third-order valence-corrected chi connectivity index (χ3v) is 5.22. The largest absolute Gasteiger partial charge is 0.416 e. The van der Waals surface area contributed by atoms with E-state index in [-0.39, 0.29) is 17.7 Å². The Bertz CT molecular complexity index is 1020. The normalized spacial score (nSPS) is 15.4. The number of fused-ring (bicyclic) bond motifs is 1. The van der Waals surface area contributed by atoms with Gasteiger partial charge in [0, 0.05) is 21.6 Å². The highest BCUT2D eigenvalue weighted by molar-refractivity contribution is 9.10. The van der Waals surface area contributed by atoms with Gasteiger partial charge < -0.3 is 16.0 Å². The molecule has 0 amide bonds. The van der Waals surface area contributed by atoms with E-state index in [1.165, 1.54) is 0 Å². The average Bonchev–Trinajstić information content (AvgIpc) is 2.68. The first-order valence-corrected chi connectivity index (χ1v) is 10.1. The van der Waals surface area contributed by atoms with Crippen molar-refractivity contribution in [1.29, 1.82) is 0 Å². The molecule has 1 aliphatic rings. The Hall–Kier alpha value is -2.39. The molecule has 29 heavy (non-hydrogen) atoms. The van der Waals surface area contributed by atoms with Gasteiger partial charge in [-0.2, -0.15) is 18.2 Å². The second-order valence-electron chi connectivity index (χ2n) is 6.93. The second kappa shape index (κ2) is 8.16. The molecule has 2 aromatic carbocycles. The fraction of sp³-hybridized carbons (Fsp3) is 0.300. The molecule has 0 spiro atoms. The van der Waals surface area contributed by atoms with E-state index >= 15 is 0 Å². The Morgan fingerprint density at radius 2 is 1.79 bits per heavy atom. The predicted molar refractivity (Wildman–Crippen MR) is 111 cm³/mol. The Kier molecular flexibility index (Phi) is 5.60. The summed E-state index contributed by atoms with van der Waals surface area (Å²) in [7, 11) is 0. The molecular formula is C20H19BrF3N5. The number of anilines is 3. The third-order valence-electron chi connectivity index (χ3n) is 4.76. The van der Waals surface area contributed by atoms with Crippen molar-refractivity contribution in [2.24, 2.45) is 0 Å². The molecule has 1 aromatic heterocycles. The predicted octanol–water partition coefficient (Wildman–Crippen LogP) is 5.32. The van der Waals surface area contributed by atoms with Crippen molar-refractivity contribution in [2.75, 3.05) is 23.7 Å². The van der Waals surface area contributed by atoms with Gasteiger partial charge in [0.05, 0.1) is 11.1 Å². The summed E-state index contributed by atoms with van der Waals surface area (Å²) in [6.07, 6.45) is -2.49. The van der Waals surface area contributed by atoms with Gasteiger partial charge in [0.25, 0.3) is 0 Å². The molecule has 1 aliphatic heterocycles. The van der Waals surface area contributed by atoms with Crippen LogP contribution in [0.2, 0.25) is 0 Å². The van der Waals surface area contributed by atoms with Crippen molar-refractivity contribution < 1.29 is 13.2 Å². The van der Waals surface area contributed by atoms with Crippen LogP contribution in [0, 0.1) is 0 Å². The molecule has 9 heteroatoms. The van der Waals surface area contributed by atoms with Gasteiger partial charge in [-0.15, -0.1) is 0 Å². The molecule has 1 saturated heterocycles. The first-order chi connectivity index (χ1) is 13.9. The van der Waals surface area contributed by atoms with Crippen molar-refractivity contribution in [2.45, 2.75) is 25.1 Å². The van der Waals surface area contributed by atoms with E-state index < -0.39 is 11.7 Å². The third kappa shape index (κ3) is 4.79. The van der Waals surface area contributed by atoms with Crippen LogP contribution in [-0.2, 0) is 6.18 Å². The lowest BCUT2D eigenvalue weighted by Crippen LogP contribution is -2.35. The number of halogens is 4. The summed E-state index contributed by atoms with van der Waals surface area (Å²) < 4.78 is 39.7. The number of piperidine rings is 1. The van der Waals surface area contributed by atoms with Crippen molar-refractivity contribution in [3.8, 4) is 0 Å². The van der Waals surface area contributed by atoms with E-state index in [0.717, 1.165) is 43.5 Å². The van der Waals surface area contributed by atoms with Crippen LogP contribution in [0.4, 0.5) is 30.6 Å². The van der Waals surface area contributed by atoms with Crippen molar-refractivity contribution in [3.05, 3.63) is 52.5 Å². The van der Waals surface area contributed by atoms with Crippen molar-refractivity contribution in [1.82, 2.24) is 15.3 Å². The Morgan fingerprint density at radius 1 is 1.03 bits per heavy atom. The molecule has 0 aliphatic carbocycles. The van der Waals surface area contributed by atoms with Crippen LogP contribution >= 0.6 is 15.9 Å². The minimum absolute atomic E-state index is 0.242. The molecule has 4 rings (SSSR count). The first kappa shape index (κ1) is 19.9. The van der Waals surface area contributed by atoms with Gasteiger partial charge >= 0.3 is 6.18 Å². The first-order valence-electron chi connectivity index (χ1n) is 9.27. The number of benzene rings is 2. The number of nitrogens with zero attached hydrogens (tertiary/aromatic N) is 2. The second-order valence-corrected chi connectivity index (χ2v) is 7.85. The monoisotopic (exact) mass is 465 g/mol. The van der Waals surface area contributed by atoms with E-state index in [2.05, 4.69) is 41.8 Å². The molecule has 0 unspecified atom stereocenters. The van der Waals surface area contributed by atoms with Crippen molar-refractivity contribution >= 4 is 44.3 Å². The SMILES string of the molecule is FC(F)(F)c1cc(Br)cc(Nc2nc(NC3CCNCC3)c3ccccc3n2)c1. The summed E-state index contributed by atoms with van der Waals surface area (Å²) in [4.78, 5) is 9.04. The molecule has 3 N–H and O–H groups in total. The molecule has 0 saturated carbocycles. The van der Waals surface area contributed by atoms with E-state index in [1.807, 2.05) is 24.3 Å². The highest BCUT2D eigenvalue weighted by Gasteiger charge is 2.31. The summed E-state index contributed by atoms with van der Waals surface area (Å²) in [5, 5.41) is 10.6. The summed E-state index contributed by atoms with van der Waals surface area (Å²) in [6, 6.07) is 11.5. The maximum Gasteiger partial charge on any atom is 0.416 e. The van der Waals surface area contributed by atoms with Crippen molar-refractivity contribution in [3.63, 3.8) is 0 Å². The van der Waals surface area contributed by atoms with E-state index in [1.54, 1.807) is 6.07 Å². The molecule has 1 fully saturated rings. The standard InChI is InChI=1S/C20H19BrF3N5/c21-13-9-12(20(22,23)24)10-15(11-13)27-19-28-17-4-2-1-3-16(17)18(29-19)26-14-5-7-25-8-6-14/h1-4,9-11,14,25H,5-8H2,(H2,26,27,28,29). The highest BCUT2D eigenvalue weighted by Crippen LogP contribution is 2.34. The summed E-state index contributed by atoms with van der Waals surface area (Å²) in [5.74, 6) is 0.919. The Balaban J connectivity index is 1.68. The minimum Gasteiger partial charge on any atom is -0.367 e. The Labute approximate surface area is 174 Å². The van der Waals surface area contributed by atoms with E-state index in [0.29, 0.717) is 15.8 Å². The Morgan fingerprint density at radius 3 is 2.55 bits per heavy atom. The van der Waals surface area contributed by atoms with Crippen LogP contribution in [0.3, 0.4) is 0 Å². The lowest BCUT2D eigenvalue weighted by Gasteiger charge is -2.25. The zero-order chi connectivity index (χ0) is 20.4. The van der Waals surface area contributed by atoms with E-state index in [4.69, 9.17) is 0 Å². The van der Waals surface area contributed by atoms with Crippen LogP contribution in [0.5, 0.6) is 0 Å². The fourth-order valence-electron chi connectivity index (χ4n) is 3.36. The van der Waals surface area contributed by atoms with Gasteiger partial charge in [-0.1, -0.05) is 28.1 Å². The molecule has 0 atom stereocenters. The van der Waals surface area contributed by atoms with Gasteiger partial charge in [0.15, 0.2) is 0 Å². The average molecular weight is 466 g/mol. The van der Waals surface area contributed by atoms with Gasteiger partial charge in [-0.25, -0.2) is 4.98 Å². The number of hydrogen-bond acceptors (Lipinski definition) is 5. The van der Waals surface area contributed by atoms with Crippen LogP contribution < -0.4 is 16.0 Å². The maximum atomic E-state index is 13.1. The lowest BCUT2D eigenvalue weighted by molar-refractivity contribution is -0.137. The zero-order valence-corrected chi connectivity index (χ0v) is 16.9. The molecule has 0 bridgehead atoms. The molecular weight excluding hydrogens is 447 g/mol. The van der Waals surface area contributed by atoms with Gasteiger partial charge in [-0.3, -0.25) is 0 Å². The number of aromatic nitrogens is 2. The summed E-state index contributed by atoms with van der Waals surface area (Å²) >= 11 is 3.14. The molecule has 3 aromatic rings. The zero-order valence-electron chi connectivity index (χ0n) is 15.4. The molecule has 5 nitrogen and oxygen atoms in total. The number of alkyl halides is 3. The van der Waals surface area contributed by atoms with Crippen LogP contribution in [0.15, 0.2) is 46.9 Å². The fourth-order valence-corrected chi connectivity index (χ4v) is 3.85. The summed E-state index contributed by atoms with van der Waals surface area (Å²) in [6.45, 7) is 1.87. The minimum atomic E-state index is -4.44. The topological polar surface area (TPSA) is 61.9 Å². The maximum absolute atomic E-state index is 13.1. The lowest BCUT2D eigenvalue weighted by atomic mass is 10.1. The molecule has 2 heterocycles.